The number of alkyl halides is 17. The molecule has 266 valence electrons. The summed E-state index contributed by atoms with van der Waals surface area (Å²) in [5.41, 5.74) is 0. The highest BCUT2D eigenvalue weighted by atomic mass is 19.4. The molecule has 0 bridgehead atoms. The number of hydrogen-bond acceptors (Lipinski definition) is 2. The van der Waals surface area contributed by atoms with Gasteiger partial charge in [0.15, 0.2) is 0 Å². The average Bonchev–Trinajstić information content (AvgIpc) is 2.90. The highest BCUT2D eigenvalue weighted by molar-refractivity contribution is 5.85. The number of unbranched alkanes of at least 4 members (excludes halogenated alkanes) is 5. The zero-order valence-corrected chi connectivity index (χ0v) is 23.2. The second kappa shape index (κ2) is 13.9. The molecule has 45 heavy (non-hydrogen) atoms. The van der Waals surface area contributed by atoms with Gasteiger partial charge in [-0.05, 0) is 19.3 Å². The summed E-state index contributed by atoms with van der Waals surface area (Å²) in [6.45, 7) is 1.96. The Bertz CT molecular complexity index is 1010. The Labute approximate surface area is 244 Å². The van der Waals surface area contributed by atoms with Crippen LogP contribution >= 0.6 is 0 Å². The molecular weight excluding hydrogens is 671 g/mol. The number of carbonyl (C=O) groups is 2. The summed E-state index contributed by atoms with van der Waals surface area (Å²) in [5.74, 6) is -62.5. The largest absolute Gasteiger partial charge is 0.460 e. The topological polar surface area (TPSA) is 58.2 Å². The SMILES string of the molecule is CCCCCCCCC(=O)N[C@@H]1CCCC[C@H]1NC(=O)C(F)(F)C(F)(F)C(F)(F)C(F)(F)C(F)(F)C(F)(F)C(F)(F)C(F)(F)F. The summed E-state index contributed by atoms with van der Waals surface area (Å²) in [5, 5.41) is 3.37. The lowest BCUT2D eigenvalue weighted by molar-refractivity contribution is -0.459. The van der Waals surface area contributed by atoms with Gasteiger partial charge in [0.25, 0.3) is 5.91 Å². The molecule has 1 aliphatic carbocycles. The fourth-order valence-corrected chi connectivity index (χ4v) is 4.39. The lowest BCUT2D eigenvalue weighted by Gasteiger charge is -2.42. The van der Waals surface area contributed by atoms with Crippen molar-refractivity contribution in [2.45, 2.75) is 137 Å². The highest BCUT2D eigenvalue weighted by Gasteiger charge is 2.95. The van der Waals surface area contributed by atoms with E-state index in [4.69, 9.17) is 0 Å². The van der Waals surface area contributed by atoms with Crippen LogP contribution < -0.4 is 10.6 Å². The first-order chi connectivity index (χ1) is 20.1. The average molecular weight is 700 g/mol. The first-order valence-electron chi connectivity index (χ1n) is 13.4. The van der Waals surface area contributed by atoms with E-state index in [0.29, 0.717) is 12.8 Å². The van der Waals surface area contributed by atoms with Gasteiger partial charge in [-0.25, -0.2) is 0 Å². The maximum absolute atomic E-state index is 14.3. The third-order valence-corrected chi connectivity index (χ3v) is 7.19. The number of carbonyl (C=O) groups excluding carboxylic acids is 2. The van der Waals surface area contributed by atoms with Crippen molar-refractivity contribution >= 4 is 11.8 Å². The van der Waals surface area contributed by atoms with Gasteiger partial charge in [0, 0.05) is 18.5 Å². The summed E-state index contributed by atoms with van der Waals surface area (Å²) in [4.78, 5) is 24.2. The van der Waals surface area contributed by atoms with Crippen LogP contribution in [0.25, 0.3) is 0 Å². The summed E-state index contributed by atoms with van der Waals surface area (Å²) in [6, 6.07) is -3.07. The minimum absolute atomic E-state index is 0.0413. The molecule has 2 amide bonds. The lowest BCUT2D eigenvalue weighted by Crippen LogP contribution is -2.75. The maximum atomic E-state index is 14.3. The van der Waals surface area contributed by atoms with Crippen molar-refractivity contribution in [3.05, 3.63) is 0 Å². The Morgan fingerprint density at radius 2 is 0.911 bits per heavy atom. The van der Waals surface area contributed by atoms with Crippen LogP contribution in [0.1, 0.15) is 77.6 Å². The molecule has 0 aliphatic heterocycles. The minimum Gasteiger partial charge on any atom is -0.351 e. The van der Waals surface area contributed by atoms with Gasteiger partial charge in [0.1, 0.15) is 0 Å². The lowest BCUT2D eigenvalue weighted by atomic mass is 9.87. The van der Waals surface area contributed by atoms with Gasteiger partial charge in [-0.3, -0.25) is 9.59 Å². The van der Waals surface area contributed by atoms with Crippen LogP contribution in [0, 0.1) is 0 Å². The molecule has 1 rings (SSSR count). The van der Waals surface area contributed by atoms with Gasteiger partial charge in [-0.1, -0.05) is 51.9 Å². The number of rotatable bonds is 16. The van der Waals surface area contributed by atoms with Gasteiger partial charge < -0.3 is 10.6 Å². The molecular formula is C24H29F17N2O2. The van der Waals surface area contributed by atoms with E-state index in [9.17, 15) is 84.2 Å². The van der Waals surface area contributed by atoms with Crippen LogP contribution in [-0.4, -0.2) is 71.5 Å². The molecule has 1 saturated carbocycles. The van der Waals surface area contributed by atoms with Gasteiger partial charge >= 0.3 is 47.6 Å². The molecule has 0 radical (unpaired) electrons. The van der Waals surface area contributed by atoms with E-state index in [1.165, 1.54) is 0 Å². The molecule has 0 unspecified atom stereocenters. The zero-order valence-electron chi connectivity index (χ0n) is 23.2. The van der Waals surface area contributed by atoms with E-state index in [2.05, 4.69) is 5.32 Å². The van der Waals surface area contributed by atoms with E-state index in [1.54, 1.807) is 0 Å². The number of nitrogens with one attached hydrogen (secondary N) is 2. The Morgan fingerprint density at radius 3 is 1.36 bits per heavy atom. The van der Waals surface area contributed by atoms with E-state index < -0.39 is 78.0 Å². The van der Waals surface area contributed by atoms with Crippen molar-refractivity contribution in [1.29, 1.82) is 0 Å². The molecule has 0 spiro atoms. The Kier molecular flexibility index (Phi) is 12.5. The van der Waals surface area contributed by atoms with Crippen LogP contribution in [0.5, 0.6) is 0 Å². The number of halogens is 17. The molecule has 0 saturated heterocycles. The maximum Gasteiger partial charge on any atom is 0.460 e. The third-order valence-electron chi connectivity index (χ3n) is 7.19. The Balaban J connectivity index is 3.22. The second-order valence-corrected chi connectivity index (χ2v) is 10.6. The molecule has 2 N–H and O–H groups in total. The van der Waals surface area contributed by atoms with Crippen molar-refractivity contribution in [2.75, 3.05) is 0 Å². The normalized spacial score (nSPS) is 19.8. The van der Waals surface area contributed by atoms with Gasteiger partial charge in [-0.2, -0.15) is 74.6 Å². The van der Waals surface area contributed by atoms with Crippen molar-refractivity contribution in [1.82, 2.24) is 10.6 Å². The monoisotopic (exact) mass is 700 g/mol. The third kappa shape index (κ3) is 7.51. The molecule has 21 heteroatoms. The molecule has 1 aliphatic rings. The van der Waals surface area contributed by atoms with E-state index >= 15 is 0 Å². The first-order valence-corrected chi connectivity index (χ1v) is 13.4. The second-order valence-electron chi connectivity index (χ2n) is 10.6. The van der Waals surface area contributed by atoms with E-state index in [-0.39, 0.29) is 25.7 Å². The first kappa shape index (κ1) is 40.8. The minimum atomic E-state index is -8.77. The molecule has 2 atom stereocenters. The quantitative estimate of drug-likeness (QED) is 0.126. The Morgan fingerprint density at radius 1 is 0.533 bits per heavy atom. The van der Waals surface area contributed by atoms with Crippen LogP contribution in [0.3, 0.4) is 0 Å². The number of hydrogen-bond donors (Lipinski definition) is 2. The predicted octanol–water partition coefficient (Wildman–Crippen LogP) is 8.29. The molecule has 1 fully saturated rings. The van der Waals surface area contributed by atoms with Gasteiger partial charge in [0.05, 0.1) is 0 Å². The highest BCUT2D eigenvalue weighted by Crippen LogP contribution is 2.64. The van der Waals surface area contributed by atoms with Crippen LogP contribution in [0.4, 0.5) is 74.6 Å². The predicted molar refractivity (Wildman–Crippen MR) is 121 cm³/mol. The Hall–Kier alpha value is -2.25. The van der Waals surface area contributed by atoms with Crippen molar-refractivity contribution in [3.63, 3.8) is 0 Å². The molecule has 0 aromatic rings. The molecule has 0 aromatic heterocycles. The van der Waals surface area contributed by atoms with Crippen LogP contribution in [0.15, 0.2) is 0 Å². The van der Waals surface area contributed by atoms with Crippen LogP contribution in [0.2, 0.25) is 0 Å². The zero-order chi connectivity index (χ0) is 35.5. The fourth-order valence-electron chi connectivity index (χ4n) is 4.39. The van der Waals surface area contributed by atoms with Crippen LogP contribution in [-0.2, 0) is 9.59 Å². The molecule has 0 aromatic carbocycles. The van der Waals surface area contributed by atoms with Crippen molar-refractivity contribution < 1.29 is 84.2 Å². The summed E-state index contributed by atoms with van der Waals surface area (Å²) in [6.07, 6.45) is -3.72. The van der Waals surface area contributed by atoms with Crippen molar-refractivity contribution in [3.8, 4) is 0 Å². The summed E-state index contributed by atoms with van der Waals surface area (Å²) < 4.78 is 229. The van der Waals surface area contributed by atoms with E-state index in [1.807, 2.05) is 6.92 Å². The van der Waals surface area contributed by atoms with Gasteiger partial charge in [0.2, 0.25) is 5.91 Å². The van der Waals surface area contributed by atoms with E-state index in [0.717, 1.165) is 31.0 Å². The smallest absolute Gasteiger partial charge is 0.351 e. The molecule has 4 nitrogen and oxygen atoms in total. The number of amides is 2. The molecule has 0 heterocycles. The standard InChI is InChI=1S/C24H29F17N2O2/c1-2-3-4-5-6-7-12-15(44)42-13-10-8-9-11-14(13)43-16(45)17(25,26)18(27,28)19(29,30)20(31,32)21(33,34)22(35,36)23(37,38)24(39,40)41/h13-14H,2-12H2,1H3,(H,42,44)(H,43,45)/t13-,14-/m1/s1. The summed E-state index contributed by atoms with van der Waals surface area (Å²) in [7, 11) is 0. The van der Waals surface area contributed by atoms with Crippen molar-refractivity contribution in [2.24, 2.45) is 0 Å². The van der Waals surface area contributed by atoms with Gasteiger partial charge in [-0.15, -0.1) is 0 Å². The summed E-state index contributed by atoms with van der Waals surface area (Å²) >= 11 is 0. The fraction of sp³-hybridized carbons (Fsp3) is 0.917.